The van der Waals surface area contributed by atoms with Crippen molar-refractivity contribution in [2.45, 2.75) is 19.9 Å². The Morgan fingerprint density at radius 3 is 2.73 bits per heavy atom. The maximum atomic E-state index is 12.6. The number of nitrogens with one attached hydrogen (secondary N) is 1. The van der Waals surface area contributed by atoms with E-state index in [0.717, 1.165) is 22.3 Å². The quantitative estimate of drug-likeness (QED) is 0.808. The molecule has 0 aliphatic rings. The van der Waals surface area contributed by atoms with Crippen LogP contribution in [-0.2, 0) is 7.05 Å². The maximum Gasteiger partial charge on any atom is 0.252 e. The fourth-order valence-electron chi connectivity index (χ4n) is 2.53. The Morgan fingerprint density at radius 2 is 2.00 bits per heavy atom. The smallest absolute Gasteiger partial charge is 0.252 e. The van der Waals surface area contributed by atoms with Crippen LogP contribution in [0, 0.1) is 6.92 Å². The molecular weight excluding hydrogens is 276 g/mol. The van der Waals surface area contributed by atoms with Crippen molar-refractivity contribution in [3.63, 3.8) is 0 Å². The molecule has 3 rings (SSSR count). The van der Waals surface area contributed by atoms with Gasteiger partial charge in [-0.2, -0.15) is 5.10 Å². The lowest BCUT2D eigenvalue weighted by Crippen LogP contribution is -2.27. The van der Waals surface area contributed by atoms with Crippen LogP contribution < -0.4 is 5.32 Å². The number of hydrogen-bond acceptors (Lipinski definition) is 3. The molecule has 0 bridgehead atoms. The summed E-state index contributed by atoms with van der Waals surface area (Å²) in [4.78, 5) is 17.1. The average Bonchev–Trinajstić information content (AvgIpc) is 2.88. The normalized spacial score (nSPS) is 12.3. The third kappa shape index (κ3) is 2.57. The van der Waals surface area contributed by atoms with Crippen LogP contribution >= 0.6 is 0 Å². The van der Waals surface area contributed by atoms with Gasteiger partial charge in [0.25, 0.3) is 5.91 Å². The van der Waals surface area contributed by atoms with Crippen LogP contribution in [-0.4, -0.2) is 20.7 Å². The predicted octanol–water partition coefficient (Wildman–Crippen LogP) is 2.77. The summed E-state index contributed by atoms with van der Waals surface area (Å²) in [6.45, 7) is 3.85. The van der Waals surface area contributed by atoms with Gasteiger partial charge in [0.1, 0.15) is 0 Å². The number of rotatable bonds is 3. The minimum atomic E-state index is -0.111. The van der Waals surface area contributed by atoms with Gasteiger partial charge < -0.3 is 5.32 Å². The summed E-state index contributed by atoms with van der Waals surface area (Å²) in [7, 11) is 1.82. The highest BCUT2D eigenvalue weighted by molar-refractivity contribution is 6.05. The number of amides is 1. The van der Waals surface area contributed by atoms with Crippen LogP contribution in [0.2, 0.25) is 0 Å². The van der Waals surface area contributed by atoms with Crippen molar-refractivity contribution in [2.75, 3.05) is 0 Å². The zero-order valence-corrected chi connectivity index (χ0v) is 12.9. The van der Waals surface area contributed by atoms with E-state index >= 15 is 0 Å². The number of aromatic nitrogens is 3. The van der Waals surface area contributed by atoms with Crippen molar-refractivity contribution in [1.29, 1.82) is 0 Å². The molecule has 0 radical (unpaired) electrons. The maximum absolute atomic E-state index is 12.6. The second kappa shape index (κ2) is 5.60. The third-order valence-corrected chi connectivity index (χ3v) is 3.72. The van der Waals surface area contributed by atoms with Gasteiger partial charge in [0.05, 0.1) is 23.2 Å². The summed E-state index contributed by atoms with van der Waals surface area (Å²) in [5.74, 6) is -0.111. The Bertz CT molecular complexity index is 823. The van der Waals surface area contributed by atoms with E-state index in [1.165, 1.54) is 0 Å². The summed E-state index contributed by atoms with van der Waals surface area (Å²) < 4.78 is 1.68. The first-order valence-electron chi connectivity index (χ1n) is 7.21. The third-order valence-electron chi connectivity index (χ3n) is 3.72. The number of carbonyl (C=O) groups excluding carboxylic acids is 1. The lowest BCUT2D eigenvalue weighted by atomic mass is 10.1. The number of aryl methyl sites for hydroxylation is 2. The van der Waals surface area contributed by atoms with Crippen LogP contribution in [0.1, 0.15) is 34.6 Å². The first-order chi connectivity index (χ1) is 10.6. The van der Waals surface area contributed by atoms with Crippen molar-refractivity contribution in [2.24, 2.45) is 7.05 Å². The van der Waals surface area contributed by atoms with E-state index in [2.05, 4.69) is 15.4 Å². The number of carbonyl (C=O) groups is 1. The van der Waals surface area contributed by atoms with E-state index in [9.17, 15) is 4.79 Å². The van der Waals surface area contributed by atoms with Gasteiger partial charge in [0, 0.05) is 12.7 Å². The molecule has 1 atom stereocenters. The highest BCUT2D eigenvalue weighted by atomic mass is 16.1. The standard InChI is InChI=1S/C17H18N4O/c1-11-9-14(15-10-18-21(3)16(15)19-11)17(22)20-12(2)13-7-5-4-6-8-13/h4-10,12H,1-3H3,(H,20,22). The SMILES string of the molecule is Cc1cc(C(=O)NC(C)c2ccccc2)c2cnn(C)c2n1. The summed E-state index contributed by atoms with van der Waals surface area (Å²) in [5.41, 5.74) is 3.20. The van der Waals surface area contributed by atoms with Crippen molar-refractivity contribution >= 4 is 16.9 Å². The number of fused-ring (bicyclic) bond motifs is 1. The molecule has 22 heavy (non-hydrogen) atoms. The van der Waals surface area contributed by atoms with Gasteiger partial charge >= 0.3 is 0 Å². The second-order valence-electron chi connectivity index (χ2n) is 5.42. The topological polar surface area (TPSA) is 59.8 Å². The van der Waals surface area contributed by atoms with Crippen LogP contribution in [0.3, 0.4) is 0 Å². The zero-order valence-electron chi connectivity index (χ0n) is 12.9. The van der Waals surface area contributed by atoms with Gasteiger partial charge in [0.2, 0.25) is 0 Å². The first kappa shape index (κ1) is 14.3. The molecule has 2 heterocycles. The van der Waals surface area contributed by atoms with E-state index in [1.807, 2.05) is 51.2 Å². The first-order valence-corrected chi connectivity index (χ1v) is 7.21. The number of pyridine rings is 1. The minimum absolute atomic E-state index is 0.0612. The fraction of sp³-hybridized carbons (Fsp3) is 0.235. The molecule has 112 valence electrons. The molecule has 5 heteroatoms. The summed E-state index contributed by atoms with van der Waals surface area (Å²) >= 11 is 0. The monoisotopic (exact) mass is 294 g/mol. The Kier molecular flexibility index (Phi) is 3.63. The van der Waals surface area contributed by atoms with E-state index in [-0.39, 0.29) is 11.9 Å². The highest BCUT2D eigenvalue weighted by Crippen LogP contribution is 2.19. The molecule has 0 spiro atoms. The van der Waals surface area contributed by atoms with Crippen molar-refractivity contribution in [3.8, 4) is 0 Å². The average molecular weight is 294 g/mol. The minimum Gasteiger partial charge on any atom is -0.345 e. The number of hydrogen-bond donors (Lipinski definition) is 1. The van der Waals surface area contributed by atoms with Gasteiger partial charge in [-0.3, -0.25) is 9.48 Å². The molecule has 0 saturated carbocycles. The molecule has 1 amide bonds. The molecule has 1 unspecified atom stereocenters. The van der Waals surface area contributed by atoms with E-state index in [1.54, 1.807) is 16.9 Å². The molecule has 0 saturated heterocycles. The Morgan fingerprint density at radius 1 is 1.27 bits per heavy atom. The van der Waals surface area contributed by atoms with Crippen molar-refractivity contribution < 1.29 is 4.79 Å². The molecule has 0 aliphatic carbocycles. The summed E-state index contributed by atoms with van der Waals surface area (Å²) in [6.07, 6.45) is 1.68. The second-order valence-corrected chi connectivity index (χ2v) is 5.42. The lowest BCUT2D eigenvalue weighted by Gasteiger charge is -2.15. The lowest BCUT2D eigenvalue weighted by molar-refractivity contribution is 0.0941. The van der Waals surface area contributed by atoms with Crippen molar-refractivity contribution in [3.05, 3.63) is 59.4 Å². The molecule has 3 aromatic rings. The number of benzene rings is 1. The Balaban J connectivity index is 1.93. The molecular formula is C17H18N4O. The molecule has 0 aliphatic heterocycles. The zero-order chi connectivity index (χ0) is 15.7. The van der Waals surface area contributed by atoms with E-state index in [4.69, 9.17) is 0 Å². The van der Waals surface area contributed by atoms with Gasteiger partial charge in [-0.1, -0.05) is 30.3 Å². The van der Waals surface area contributed by atoms with Gasteiger partial charge in [-0.25, -0.2) is 4.98 Å². The van der Waals surface area contributed by atoms with E-state index < -0.39 is 0 Å². The molecule has 1 N–H and O–H groups in total. The van der Waals surface area contributed by atoms with Crippen molar-refractivity contribution in [1.82, 2.24) is 20.1 Å². The molecule has 2 aromatic heterocycles. The van der Waals surface area contributed by atoms with Crippen LogP contribution in [0.5, 0.6) is 0 Å². The predicted molar refractivity (Wildman–Crippen MR) is 85.6 cm³/mol. The van der Waals surface area contributed by atoms with Gasteiger partial charge in [0.15, 0.2) is 5.65 Å². The van der Waals surface area contributed by atoms with Crippen LogP contribution in [0.25, 0.3) is 11.0 Å². The molecule has 0 fully saturated rings. The van der Waals surface area contributed by atoms with E-state index in [0.29, 0.717) is 5.56 Å². The Hall–Kier alpha value is -2.69. The van der Waals surface area contributed by atoms with Crippen LogP contribution in [0.15, 0.2) is 42.6 Å². The summed E-state index contributed by atoms with van der Waals surface area (Å²) in [5, 5.41) is 8.00. The Labute approximate surface area is 129 Å². The van der Waals surface area contributed by atoms with Gasteiger partial charge in [-0.15, -0.1) is 0 Å². The number of nitrogens with zero attached hydrogens (tertiary/aromatic N) is 3. The highest BCUT2D eigenvalue weighted by Gasteiger charge is 2.17. The van der Waals surface area contributed by atoms with Gasteiger partial charge in [-0.05, 0) is 25.5 Å². The van der Waals surface area contributed by atoms with Crippen LogP contribution in [0.4, 0.5) is 0 Å². The summed E-state index contributed by atoms with van der Waals surface area (Å²) in [6, 6.07) is 11.6. The fourth-order valence-corrected chi connectivity index (χ4v) is 2.53. The molecule has 1 aromatic carbocycles. The molecule has 5 nitrogen and oxygen atoms in total. The largest absolute Gasteiger partial charge is 0.345 e.